The van der Waals surface area contributed by atoms with Crippen LogP contribution in [0.4, 0.5) is 0 Å². The fourth-order valence-corrected chi connectivity index (χ4v) is 5.59. The number of fused-ring (bicyclic) bond motifs is 3. The maximum atomic E-state index is 12.5. The van der Waals surface area contributed by atoms with Crippen molar-refractivity contribution in [3.05, 3.63) is 36.0 Å². The van der Waals surface area contributed by atoms with Gasteiger partial charge in [-0.25, -0.2) is 9.59 Å². The van der Waals surface area contributed by atoms with Gasteiger partial charge >= 0.3 is 11.9 Å². The molecule has 3 N–H and O–H groups in total. The predicted octanol–water partition coefficient (Wildman–Crippen LogP) is 1.81. The highest BCUT2D eigenvalue weighted by atomic mass is 16.6. The summed E-state index contributed by atoms with van der Waals surface area (Å²) in [5.74, 6) is -1.44. The number of hydrogen-bond acceptors (Lipinski definition) is 7. The van der Waals surface area contributed by atoms with Gasteiger partial charge in [-0.3, -0.25) is 0 Å². The Morgan fingerprint density at radius 2 is 1.97 bits per heavy atom. The van der Waals surface area contributed by atoms with E-state index in [0.29, 0.717) is 12.0 Å². The number of carbonyl (C=O) groups excluding carboxylic acids is 2. The van der Waals surface area contributed by atoms with Crippen LogP contribution in [0.2, 0.25) is 0 Å². The molecule has 0 unspecified atom stereocenters. The van der Waals surface area contributed by atoms with Crippen molar-refractivity contribution in [2.24, 2.45) is 16.7 Å². The van der Waals surface area contributed by atoms with Crippen molar-refractivity contribution in [1.29, 1.82) is 0 Å². The molecule has 1 aliphatic heterocycles. The first kappa shape index (κ1) is 22.7. The maximum Gasteiger partial charge on any atom is 0.343 e. The summed E-state index contributed by atoms with van der Waals surface area (Å²) in [6, 6.07) is 0. The van der Waals surface area contributed by atoms with E-state index in [9.17, 15) is 24.9 Å². The average Bonchev–Trinajstić information content (AvgIpc) is 2.94. The molecule has 3 aliphatic rings. The minimum atomic E-state index is -1.69. The van der Waals surface area contributed by atoms with E-state index in [0.717, 1.165) is 12.8 Å². The maximum absolute atomic E-state index is 12.5. The second kappa shape index (κ2) is 7.94. The zero-order chi connectivity index (χ0) is 22.3. The molecular weight excluding hydrogens is 388 g/mol. The number of ether oxygens (including phenoxy) is 2. The molecule has 7 nitrogen and oxygen atoms in total. The molecule has 0 amide bonds. The fraction of sp³-hybridized carbons (Fsp3) is 0.652. The lowest BCUT2D eigenvalue weighted by molar-refractivity contribution is -0.194. The normalized spacial score (nSPS) is 37.3. The molecule has 6 atom stereocenters. The molecule has 0 aromatic heterocycles. The van der Waals surface area contributed by atoms with Crippen molar-refractivity contribution in [3.8, 4) is 0 Å². The highest BCUT2D eigenvalue weighted by Gasteiger charge is 2.69. The summed E-state index contributed by atoms with van der Waals surface area (Å²) in [6.45, 7) is 7.52. The van der Waals surface area contributed by atoms with Crippen LogP contribution in [-0.4, -0.2) is 57.8 Å². The SMILES string of the molecule is C[C@H](O)[C@H](O)/C=C/C=C/C(=O)O[C@@H]1C=C2COC(=O)[C@]2(O)[C@@]2(C)CCCC(C)(C)[C@H]12. The summed E-state index contributed by atoms with van der Waals surface area (Å²) >= 11 is 0. The third kappa shape index (κ3) is 3.63. The lowest BCUT2D eigenvalue weighted by Crippen LogP contribution is -2.65. The molecule has 0 bridgehead atoms. The van der Waals surface area contributed by atoms with Crippen LogP contribution in [0.1, 0.15) is 47.0 Å². The Bertz CT molecular complexity index is 793. The van der Waals surface area contributed by atoms with E-state index in [1.165, 1.54) is 31.2 Å². The summed E-state index contributed by atoms with van der Waals surface area (Å²) in [5, 5.41) is 30.2. The topological polar surface area (TPSA) is 113 Å². The highest BCUT2D eigenvalue weighted by molar-refractivity contribution is 5.88. The second-order valence-corrected chi connectivity index (χ2v) is 9.59. The minimum absolute atomic E-state index is 0.00192. The summed E-state index contributed by atoms with van der Waals surface area (Å²) in [7, 11) is 0. The van der Waals surface area contributed by atoms with E-state index in [-0.39, 0.29) is 17.9 Å². The van der Waals surface area contributed by atoms with Crippen molar-refractivity contribution in [3.63, 3.8) is 0 Å². The summed E-state index contributed by atoms with van der Waals surface area (Å²) in [4.78, 5) is 25.0. The number of aliphatic hydroxyl groups is 3. The van der Waals surface area contributed by atoms with Crippen LogP contribution >= 0.6 is 0 Å². The Morgan fingerprint density at radius 1 is 1.27 bits per heavy atom. The first-order valence-corrected chi connectivity index (χ1v) is 10.5. The standard InChI is InChI=1S/C23H32O7/c1-14(24)16(25)8-5-6-9-18(26)30-17-12-15-13-29-20(27)23(15,28)22(4)11-7-10-21(2,3)19(17)22/h5-6,8-9,12,14,16-17,19,24-25,28H,7,10-11,13H2,1-4H3/b8-5+,9-6+/t14-,16+,17+,19-,22-,23-/m0/s1. The van der Waals surface area contributed by atoms with Gasteiger partial charge in [0.15, 0.2) is 5.60 Å². The van der Waals surface area contributed by atoms with E-state index in [1.807, 2.05) is 6.92 Å². The Balaban J connectivity index is 1.86. The quantitative estimate of drug-likeness (QED) is 0.269. The first-order valence-electron chi connectivity index (χ1n) is 10.5. The number of carbonyl (C=O) groups is 2. The summed E-state index contributed by atoms with van der Waals surface area (Å²) in [5.41, 5.74) is -2.29. The van der Waals surface area contributed by atoms with E-state index in [1.54, 1.807) is 6.08 Å². The average molecular weight is 421 g/mol. The van der Waals surface area contributed by atoms with Crippen molar-refractivity contribution in [1.82, 2.24) is 0 Å². The third-order valence-electron chi connectivity index (χ3n) is 7.08. The molecule has 0 radical (unpaired) electrons. The van der Waals surface area contributed by atoms with Crippen LogP contribution in [0.3, 0.4) is 0 Å². The Labute approximate surface area is 177 Å². The van der Waals surface area contributed by atoms with Gasteiger partial charge in [0.05, 0.1) is 12.2 Å². The van der Waals surface area contributed by atoms with Gasteiger partial charge < -0.3 is 24.8 Å². The van der Waals surface area contributed by atoms with Gasteiger partial charge in [0.1, 0.15) is 12.7 Å². The largest absolute Gasteiger partial charge is 0.459 e. The van der Waals surface area contributed by atoms with Crippen LogP contribution in [0.5, 0.6) is 0 Å². The van der Waals surface area contributed by atoms with Gasteiger partial charge in [0.2, 0.25) is 0 Å². The van der Waals surface area contributed by atoms with Gasteiger partial charge in [0, 0.05) is 23.0 Å². The molecule has 0 aromatic rings. The van der Waals surface area contributed by atoms with Crippen molar-refractivity contribution < 1.29 is 34.4 Å². The van der Waals surface area contributed by atoms with Crippen LogP contribution in [0, 0.1) is 16.7 Å². The predicted molar refractivity (Wildman–Crippen MR) is 109 cm³/mol. The third-order valence-corrected chi connectivity index (χ3v) is 7.08. The Hall–Kier alpha value is -1.96. The second-order valence-electron chi connectivity index (χ2n) is 9.59. The fourth-order valence-electron chi connectivity index (χ4n) is 5.59. The molecule has 2 aliphatic carbocycles. The van der Waals surface area contributed by atoms with Gasteiger partial charge in [-0.15, -0.1) is 0 Å². The lowest BCUT2D eigenvalue weighted by atomic mass is 9.46. The molecule has 7 heteroatoms. The molecule has 1 heterocycles. The Morgan fingerprint density at radius 3 is 2.63 bits per heavy atom. The number of allylic oxidation sites excluding steroid dienone is 2. The zero-order valence-corrected chi connectivity index (χ0v) is 18.0. The molecule has 2 fully saturated rings. The molecule has 1 saturated carbocycles. The minimum Gasteiger partial charge on any atom is -0.459 e. The summed E-state index contributed by atoms with van der Waals surface area (Å²) in [6.07, 6.45) is 7.07. The molecule has 0 spiro atoms. The number of rotatable bonds is 5. The first-order chi connectivity index (χ1) is 13.9. The molecule has 1 saturated heterocycles. The van der Waals surface area contributed by atoms with Crippen LogP contribution < -0.4 is 0 Å². The Kier molecular flexibility index (Phi) is 6.02. The van der Waals surface area contributed by atoms with Crippen LogP contribution in [0.15, 0.2) is 36.0 Å². The number of hydrogen-bond donors (Lipinski definition) is 3. The van der Waals surface area contributed by atoms with Crippen molar-refractivity contribution >= 4 is 11.9 Å². The molecule has 166 valence electrons. The van der Waals surface area contributed by atoms with Gasteiger partial charge in [-0.05, 0) is 31.3 Å². The smallest absolute Gasteiger partial charge is 0.343 e. The van der Waals surface area contributed by atoms with E-state index < -0.39 is 41.3 Å². The van der Waals surface area contributed by atoms with E-state index >= 15 is 0 Å². The van der Waals surface area contributed by atoms with Gasteiger partial charge in [-0.2, -0.15) is 0 Å². The van der Waals surface area contributed by atoms with Crippen molar-refractivity contribution in [2.45, 2.75) is 70.9 Å². The monoisotopic (exact) mass is 420 g/mol. The number of esters is 2. The van der Waals surface area contributed by atoms with Crippen LogP contribution in [-0.2, 0) is 19.1 Å². The molecule has 3 rings (SSSR count). The van der Waals surface area contributed by atoms with E-state index in [2.05, 4.69) is 13.8 Å². The lowest BCUT2D eigenvalue weighted by Gasteiger charge is -2.59. The van der Waals surface area contributed by atoms with E-state index in [4.69, 9.17) is 9.47 Å². The van der Waals surface area contributed by atoms with Gasteiger partial charge in [0.25, 0.3) is 0 Å². The molecule has 0 aromatic carbocycles. The van der Waals surface area contributed by atoms with Crippen LogP contribution in [0.25, 0.3) is 0 Å². The molecular formula is C23H32O7. The van der Waals surface area contributed by atoms with Crippen molar-refractivity contribution in [2.75, 3.05) is 6.61 Å². The molecule has 30 heavy (non-hydrogen) atoms. The number of aliphatic hydroxyl groups excluding tert-OH is 2. The number of cyclic esters (lactones) is 1. The van der Waals surface area contributed by atoms with Gasteiger partial charge in [-0.1, -0.05) is 45.4 Å². The summed E-state index contributed by atoms with van der Waals surface area (Å²) < 4.78 is 11.0. The zero-order valence-electron chi connectivity index (χ0n) is 18.0. The highest BCUT2D eigenvalue weighted by Crippen LogP contribution is 2.63.